The Kier molecular flexibility index (Phi) is 9.56. The molecule has 0 radical (unpaired) electrons. The Hall–Kier alpha value is -3.62. The summed E-state index contributed by atoms with van der Waals surface area (Å²) in [6, 6.07) is 14.4. The molecular formula is C29H36N2O7. The van der Waals surface area contributed by atoms with Gasteiger partial charge in [-0.1, -0.05) is 49.7 Å². The smallest absolute Gasteiger partial charge is 0.416 e. The fourth-order valence-corrected chi connectivity index (χ4v) is 5.08. The lowest BCUT2D eigenvalue weighted by Crippen LogP contribution is -2.41. The third-order valence-electron chi connectivity index (χ3n) is 7.12. The van der Waals surface area contributed by atoms with E-state index in [2.05, 4.69) is 6.92 Å². The van der Waals surface area contributed by atoms with Crippen molar-refractivity contribution in [3.05, 3.63) is 69.8 Å². The zero-order valence-corrected chi connectivity index (χ0v) is 21.9. The predicted molar refractivity (Wildman–Crippen MR) is 141 cm³/mol. The van der Waals surface area contributed by atoms with Crippen LogP contribution in [0.1, 0.15) is 68.9 Å². The average molecular weight is 525 g/mol. The molecule has 0 aromatic heterocycles. The van der Waals surface area contributed by atoms with E-state index in [1.807, 2.05) is 30.3 Å². The van der Waals surface area contributed by atoms with Crippen molar-refractivity contribution in [2.24, 2.45) is 0 Å². The van der Waals surface area contributed by atoms with E-state index in [4.69, 9.17) is 14.2 Å². The number of amides is 2. The van der Waals surface area contributed by atoms with Gasteiger partial charge in [-0.2, -0.15) is 0 Å². The van der Waals surface area contributed by atoms with Gasteiger partial charge in [0.25, 0.3) is 0 Å². The van der Waals surface area contributed by atoms with Crippen molar-refractivity contribution in [1.82, 2.24) is 4.90 Å². The summed E-state index contributed by atoms with van der Waals surface area (Å²) < 4.78 is 17.4. The molecule has 0 unspecified atom stereocenters. The van der Waals surface area contributed by atoms with Crippen LogP contribution >= 0.6 is 0 Å². The van der Waals surface area contributed by atoms with Crippen molar-refractivity contribution in [3.8, 4) is 11.5 Å². The van der Waals surface area contributed by atoms with Crippen LogP contribution in [0.4, 0.5) is 4.79 Å². The first-order valence-electron chi connectivity index (χ1n) is 13.5. The molecule has 2 atom stereocenters. The minimum atomic E-state index is -0.737. The standard InChI is InChI=1S/C29H36N2O7/c1-2-3-15-36-26-14-13-22(17-27(26)38-25-11-7-8-12-25)23(19-30(34)35)18-28(32)31-24(20-37-29(31)33)16-21-9-5-4-6-10-21/h4-6,9-10,13-14,17,23-25H,2-3,7-8,11-12,15-16,18-20H2,1H3/t23-,24+/m0/s1. The molecule has 204 valence electrons. The van der Waals surface area contributed by atoms with Gasteiger partial charge in [0.1, 0.15) is 6.61 Å². The summed E-state index contributed by atoms with van der Waals surface area (Å²) >= 11 is 0. The van der Waals surface area contributed by atoms with Crippen LogP contribution in [-0.2, 0) is 16.0 Å². The fraction of sp³-hybridized carbons (Fsp3) is 0.517. The molecule has 1 saturated heterocycles. The Morgan fingerprint density at radius 1 is 1.16 bits per heavy atom. The summed E-state index contributed by atoms with van der Waals surface area (Å²) in [5, 5.41) is 11.6. The van der Waals surface area contributed by atoms with Crippen LogP contribution in [0.15, 0.2) is 48.5 Å². The second-order valence-electron chi connectivity index (χ2n) is 10.0. The van der Waals surface area contributed by atoms with E-state index in [-0.39, 0.29) is 19.1 Å². The van der Waals surface area contributed by atoms with Crippen LogP contribution in [0, 0.1) is 10.1 Å². The summed E-state index contributed by atoms with van der Waals surface area (Å²) in [7, 11) is 0. The summed E-state index contributed by atoms with van der Waals surface area (Å²) in [6.45, 7) is 2.29. The number of imide groups is 1. The Morgan fingerprint density at radius 3 is 2.63 bits per heavy atom. The van der Waals surface area contributed by atoms with Crippen LogP contribution in [0.25, 0.3) is 0 Å². The topological polar surface area (TPSA) is 108 Å². The molecule has 1 aliphatic heterocycles. The molecule has 9 heteroatoms. The van der Waals surface area contributed by atoms with Gasteiger partial charge < -0.3 is 14.2 Å². The fourth-order valence-electron chi connectivity index (χ4n) is 5.08. The molecule has 4 rings (SSSR count). The SMILES string of the molecule is CCCCOc1ccc([C@@H](CC(=O)N2C(=O)OC[C@H]2Cc2ccccc2)C[N+](=O)[O-])cc1OC1CCCC1. The first kappa shape index (κ1) is 27.4. The van der Waals surface area contributed by atoms with Crippen molar-refractivity contribution in [3.63, 3.8) is 0 Å². The molecule has 0 bridgehead atoms. The summed E-state index contributed by atoms with van der Waals surface area (Å²) in [4.78, 5) is 38.2. The zero-order chi connectivity index (χ0) is 26.9. The number of nitrogens with zero attached hydrogens (tertiary/aromatic N) is 2. The highest BCUT2D eigenvalue weighted by Gasteiger charge is 2.39. The third kappa shape index (κ3) is 7.24. The normalized spacial score (nSPS) is 18.3. The maximum atomic E-state index is 13.4. The van der Waals surface area contributed by atoms with Gasteiger partial charge in [0, 0.05) is 11.3 Å². The molecule has 2 aromatic rings. The number of cyclic esters (lactones) is 1. The van der Waals surface area contributed by atoms with E-state index in [1.54, 1.807) is 18.2 Å². The third-order valence-corrected chi connectivity index (χ3v) is 7.12. The van der Waals surface area contributed by atoms with E-state index in [0.29, 0.717) is 30.1 Å². The van der Waals surface area contributed by atoms with E-state index in [9.17, 15) is 19.7 Å². The number of carbonyl (C=O) groups excluding carboxylic acids is 2. The van der Waals surface area contributed by atoms with Crippen LogP contribution in [0.2, 0.25) is 0 Å². The number of hydrogen-bond donors (Lipinski definition) is 0. The second kappa shape index (κ2) is 13.3. The molecule has 2 aromatic carbocycles. The number of carbonyl (C=O) groups is 2. The van der Waals surface area contributed by atoms with Crippen molar-refractivity contribution in [2.75, 3.05) is 19.8 Å². The molecule has 0 N–H and O–H groups in total. The van der Waals surface area contributed by atoms with Gasteiger partial charge >= 0.3 is 6.09 Å². The van der Waals surface area contributed by atoms with E-state index in [0.717, 1.165) is 49.0 Å². The van der Waals surface area contributed by atoms with Crippen LogP contribution in [0.5, 0.6) is 11.5 Å². The Balaban J connectivity index is 1.54. The lowest BCUT2D eigenvalue weighted by Gasteiger charge is -2.23. The van der Waals surface area contributed by atoms with E-state index < -0.39 is 35.4 Å². The number of benzene rings is 2. The summed E-state index contributed by atoms with van der Waals surface area (Å²) in [5.41, 5.74) is 1.58. The van der Waals surface area contributed by atoms with Crippen LogP contribution in [-0.4, -0.2) is 53.7 Å². The van der Waals surface area contributed by atoms with Gasteiger partial charge in [-0.3, -0.25) is 14.9 Å². The lowest BCUT2D eigenvalue weighted by atomic mass is 9.94. The Bertz CT molecular complexity index is 1100. The summed E-state index contributed by atoms with van der Waals surface area (Å²) in [6.07, 6.45) is 5.64. The molecule has 0 spiro atoms. The number of hydrogen-bond acceptors (Lipinski definition) is 7. The molecular weight excluding hydrogens is 488 g/mol. The quantitative estimate of drug-likeness (QED) is 0.193. The van der Waals surface area contributed by atoms with Crippen LogP contribution in [0.3, 0.4) is 0 Å². The van der Waals surface area contributed by atoms with Gasteiger partial charge in [-0.25, -0.2) is 9.69 Å². The molecule has 2 amide bonds. The lowest BCUT2D eigenvalue weighted by molar-refractivity contribution is -0.483. The molecule has 1 saturated carbocycles. The minimum Gasteiger partial charge on any atom is -0.490 e. The van der Waals surface area contributed by atoms with Gasteiger partial charge in [0.2, 0.25) is 12.5 Å². The number of ether oxygens (including phenoxy) is 3. The predicted octanol–water partition coefficient (Wildman–Crippen LogP) is 5.53. The largest absolute Gasteiger partial charge is 0.490 e. The number of nitro groups is 1. The van der Waals surface area contributed by atoms with Crippen molar-refractivity contribution >= 4 is 12.0 Å². The molecule has 38 heavy (non-hydrogen) atoms. The minimum absolute atomic E-state index is 0.0764. The molecule has 1 heterocycles. The average Bonchev–Trinajstić information content (AvgIpc) is 3.54. The summed E-state index contributed by atoms with van der Waals surface area (Å²) in [5.74, 6) is -0.0686. The molecule has 2 aliphatic rings. The molecule has 1 aliphatic carbocycles. The van der Waals surface area contributed by atoms with Crippen LogP contribution < -0.4 is 9.47 Å². The van der Waals surface area contributed by atoms with E-state index in [1.165, 1.54) is 0 Å². The molecule has 2 fully saturated rings. The first-order valence-corrected chi connectivity index (χ1v) is 13.5. The van der Waals surface area contributed by atoms with Crippen molar-refractivity contribution in [1.29, 1.82) is 0 Å². The second-order valence-corrected chi connectivity index (χ2v) is 10.0. The Morgan fingerprint density at radius 2 is 1.92 bits per heavy atom. The van der Waals surface area contributed by atoms with Gasteiger partial charge in [-0.15, -0.1) is 0 Å². The van der Waals surface area contributed by atoms with E-state index >= 15 is 0 Å². The first-order chi connectivity index (χ1) is 18.4. The zero-order valence-electron chi connectivity index (χ0n) is 21.9. The van der Waals surface area contributed by atoms with Gasteiger partial charge in [-0.05, 0) is 61.8 Å². The number of rotatable bonds is 13. The maximum absolute atomic E-state index is 13.4. The van der Waals surface area contributed by atoms with Gasteiger partial charge in [0.15, 0.2) is 11.5 Å². The molecule has 9 nitrogen and oxygen atoms in total. The van der Waals surface area contributed by atoms with Crippen molar-refractivity contribution in [2.45, 2.75) is 76.4 Å². The highest BCUT2D eigenvalue weighted by atomic mass is 16.6. The van der Waals surface area contributed by atoms with Gasteiger partial charge in [0.05, 0.1) is 24.7 Å². The monoisotopic (exact) mass is 524 g/mol. The number of unbranched alkanes of at least 4 members (excludes halogenated alkanes) is 1. The maximum Gasteiger partial charge on any atom is 0.416 e. The Labute approximate surface area is 223 Å². The highest BCUT2D eigenvalue weighted by molar-refractivity contribution is 5.94. The van der Waals surface area contributed by atoms with Crippen molar-refractivity contribution < 1.29 is 28.7 Å². The highest BCUT2D eigenvalue weighted by Crippen LogP contribution is 2.36.